The van der Waals surface area contributed by atoms with Crippen molar-refractivity contribution in [2.45, 2.75) is 25.6 Å². The Morgan fingerprint density at radius 2 is 1.77 bits per heavy atom. The van der Waals surface area contributed by atoms with Crippen LogP contribution in [0, 0.1) is 5.82 Å². The molecule has 0 amide bonds. The maximum Gasteiger partial charge on any atom is 0.123 e. The Kier molecular flexibility index (Phi) is 3.39. The average molecular weight is 184 g/mol. The molecule has 0 spiro atoms. The summed E-state index contributed by atoms with van der Waals surface area (Å²) in [5, 5.41) is 18.8. The summed E-state index contributed by atoms with van der Waals surface area (Å²) in [7, 11) is 0. The Labute approximate surface area is 76.6 Å². The first-order chi connectivity index (χ1) is 6.15. The molecule has 72 valence electrons. The molecule has 1 unspecified atom stereocenters. The molecular formula is C10H13FO2. The molecule has 0 radical (unpaired) electrons. The van der Waals surface area contributed by atoms with Gasteiger partial charge in [-0.15, -0.1) is 0 Å². The highest BCUT2D eigenvalue weighted by Gasteiger charge is 2.15. The normalized spacial score (nSPS) is 15.4. The molecule has 0 bridgehead atoms. The van der Waals surface area contributed by atoms with Gasteiger partial charge in [-0.25, -0.2) is 4.39 Å². The molecule has 2 atom stereocenters. The molecule has 0 saturated heterocycles. The van der Waals surface area contributed by atoms with Crippen LogP contribution in [0.25, 0.3) is 0 Å². The van der Waals surface area contributed by atoms with Crippen molar-refractivity contribution in [3.63, 3.8) is 0 Å². The highest BCUT2D eigenvalue weighted by molar-refractivity contribution is 5.19. The van der Waals surface area contributed by atoms with Crippen molar-refractivity contribution in [1.82, 2.24) is 0 Å². The van der Waals surface area contributed by atoms with Crippen molar-refractivity contribution in [2.75, 3.05) is 0 Å². The quantitative estimate of drug-likeness (QED) is 0.749. The van der Waals surface area contributed by atoms with E-state index in [-0.39, 0.29) is 5.82 Å². The summed E-state index contributed by atoms with van der Waals surface area (Å²) < 4.78 is 12.5. The second-order valence-electron chi connectivity index (χ2n) is 2.97. The molecule has 1 aromatic carbocycles. The Morgan fingerprint density at radius 1 is 1.23 bits per heavy atom. The average Bonchev–Trinajstić information content (AvgIpc) is 2.17. The van der Waals surface area contributed by atoms with Crippen LogP contribution in [0.1, 0.15) is 25.0 Å². The number of hydrogen-bond donors (Lipinski definition) is 2. The predicted molar refractivity (Wildman–Crippen MR) is 47.7 cm³/mol. The predicted octanol–water partition coefficient (Wildman–Crippen LogP) is 1.63. The lowest BCUT2D eigenvalue weighted by atomic mass is 10.0. The van der Waals surface area contributed by atoms with Gasteiger partial charge in [-0.2, -0.15) is 0 Å². The zero-order valence-corrected chi connectivity index (χ0v) is 7.44. The first-order valence-corrected chi connectivity index (χ1v) is 4.26. The third-order valence-corrected chi connectivity index (χ3v) is 1.99. The molecule has 0 aliphatic carbocycles. The largest absolute Gasteiger partial charge is 0.390 e. The van der Waals surface area contributed by atoms with Gasteiger partial charge in [0.2, 0.25) is 0 Å². The van der Waals surface area contributed by atoms with Gasteiger partial charge >= 0.3 is 0 Å². The summed E-state index contributed by atoms with van der Waals surface area (Å²) in [4.78, 5) is 0. The number of benzene rings is 1. The molecule has 2 nitrogen and oxygen atoms in total. The van der Waals surface area contributed by atoms with E-state index in [0.717, 1.165) is 0 Å². The number of hydrogen-bond acceptors (Lipinski definition) is 2. The minimum atomic E-state index is -0.925. The molecule has 3 heteroatoms. The van der Waals surface area contributed by atoms with Crippen LogP contribution >= 0.6 is 0 Å². The molecule has 0 aliphatic heterocycles. The molecule has 1 rings (SSSR count). The van der Waals surface area contributed by atoms with E-state index in [0.29, 0.717) is 12.0 Å². The Bertz CT molecular complexity index is 258. The van der Waals surface area contributed by atoms with Crippen LogP contribution in [0.4, 0.5) is 4.39 Å². The SMILES string of the molecule is CCC(O)[C@@H](O)c1ccc(F)cc1. The fourth-order valence-electron chi connectivity index (χ4n) is 1.11. The third kappa shape index (κ3) is 2.50. The second kappa shape index (κ2) is 4.35. The molecule has 0 saturated carbocycles. The molecule has 0 aromatic heterocycles. The summed E-state index contributed by atoms with van der Waals surface area (Å²) in [6.07, 6.45) is -1.24. The first-order valence-electron chi connectivity index (χ1n) is 4.26. The second-order valence-corrected chi connectivity index (χ2v) is 2.97. The maximum atomic E-state index is 12.5. The lowest BCUT2D eigenvalue weighted by Gasteiger charge is -2.16. The highest BCUT2D eigenvalue weighted by Crippen LogP contribution is 2.18. The van der Waals surface area contributed by atoms with Crippen LogP contribution in [-0.4, -0.2) is 16.3 Å². The van der Waals surface area contributed by atoms with E-state index in [1.807, 2.05) is 0 Å². The van der Waals surface area contributed by atoms with E-state index in [1.54, 1.807) is 6.92 Å². The molecular weight excluding hydrogens is 171 g/mol. The lowest BCUT2D eigenvalue weighted by molar-refractivity contribution is 0.0164. The van der Waals surface area contributed by atoms with Crippen LogP contribution in [0.2, 0.25) is 0 Å². The van der Waals surface area contributed by atoms with Gasteiger partial charge in [-0.3, -0.25) is 0 Å². The van der Waals surface area contributed by atoms with Crippen LogP contribution < -0.4 is 0 Å². The number of aliphatic hydroxyl groups excluding tert-OH is 2. The van der Waals surface area contributed by atoms with E-state index in [9.17, 15) is 14.6 Å². The summed E-state index contributed by atoms with van der Waals surface area (Å²) in [5.41, 5.74) is 0.538. The highest BCUT2D eigenvalue weighted by atomic mass is 19.1. The van der Waals surface area contributed by atoms with Gasteiger partial charge in [0, 0.05) is 0 Å². The van der Waals surface area contributed by atoms with Crippen molar-refractivity contribution in [2.24, 2.45) is 0 Å². The van der Waals surface area contributed by atoms with Gasteiger partial charge in [0.15, 0.2) is 0 Å². The van der Waals surface area contributed by atoms with E-state index in [2.05, 4.69) is 0 Å². The van der Waals surface area contributed by atoms with Crippen LogP contribution in [0.3, 0.4) is 0 Å². The van der Waals surface area contributed by atoms with E-state index >= 15 is 0 Å². The topological polar surface area (TPSA) is 40.5 Å². The summed E-state index contributed by atoms with van der Waals surface area (Å²) >= 11 is 0. The van der Waals surface area contributed by atoms with Crippen LogP contribution in [-0.2, 0) is 0 Å². The Balaban J connectivity index is 2.77. The third-order valence-electron chi connectivity index (χ3n) is 1.99. The van der Waals surface area contributed by atoms with E-state index in [4.69, 9.17) is 0 Å². The number of aliphatic hydroxyl groups is 2. The first kappa shape index (κ1) is 10.2. The minimum Gasteiger partial charge on any atom is -0.390 e. The van der Waals surface area contributed by atoms with Gasteiger partial charge in [-0.05, 0) is 24.1 Å². The van der Waals surface area contributed by atoms with Crippen molar-refractivity contribution in [3.8, 4) is 0 Å². The van der Waals surface area contributed by atoms with Gasteiger partial charge in [0.05, 0.1) is 6.10 Å². The van der Waals surface area contributed by atoms with Gasteiger partial charge in [0.1, 0.15) is 11.9 Å². The fraction of sp³-hybridized carbons (Fsp3) is 0.400. The molecule has 0 aliphatic rings. The Hall–Kier alpha value is -0.930. The molecule has 13 heavy (non-hydrogen) atoms. The maximum absolute atomic E-state index is 12.5. The van der Waals surface area contributed by atoms with Crippen molar-refractivity contribution < 1.29 is 14.6 Å². The lowest BCUT2D eigenvalue weighted by Crippen LogP contribution is -2.16. The van der Waals surface area contributed by atoms with Crippen molar-refractivity contribution >= 4 is 0 Å². The standard InChI is InChI=1S/C10H13FO2/c1-2-9(12)10(13)7-3-5-8(11)6-4-7/h3-6,9-10,12-13H,2H2,1H3/t9?,10-/m0/s1. The summed E-state index contributed by atoms with van der Waals surface area (Å²) in [5.74, 6) is -0.345. The van der Waals surface area contributed by atoms with Crippen LogP contribution in [0.5, 0.6) is 0 Å². The molecule has 1 aromatic rings. The van der Waals surface area contributed by atoms with Crippen molar-refractivity contribution in [1.29, 1.82) is 0 Å². The molecule has 2 N–H and O–H groups in total. The van der Waals surface area contributed by atoms with E-state index < -0.39 is 12.2 Å². The summed E-state index contributed by atoms with van der Waals surface area (Å²) in [6.45, 7) is 1.78. The smallest absolute Gasteiger partial charge is 0.123 e. The Morgan fingerprint density at radius 3 is 2.23 bits per heavy atom. The zero-order chi connectivity index (χ0) is 9.84. The number of halogens is 1. The molecule has 0 fully saturated rings. The number of rotatable bonds is 3. The minimum absolute atomic E-state index is 0.345. The van der Waals surface area contributed by atoms with E-state index in [1.165, 1.54) is 24.3 Å². The van der Waals surface area contributed by atoms with Gasteiger partial charge < -0.3 is 10.2 Å². The molecule has 0 heterocycles. The van der Waals surface area contributed by atoms with Gasteiger partial charge in [0.25, 0.3) is 0 Å². The summed E-state index contributed by atoms with van der Waals surface area (Å²) in [6, 6.07) is 5.47. The van der Waals surface area contributed by atoms with Crippen molar-refractivity contribution in [3.05, 3.63) is 35.6 Å². The monoisotopic (exact) mass is 184 g/mol. The zero-order valence-electron chi connectivity index (χ0n) is 7.44. The van der Waals surface area contributed by atoms with Gasteiger partial charge in [-0.1, -0.05) is 19.1 Å². The van der Waals surface area contributed by atoms with Crippen LogP contribution in [0.15, 0.2) is 24.3 Å². The fourth-order valence-corrected chi connectivity index (χ4v) is 1.11.